The third kappa shape index (κ3) is 1.57. The van der Waals surface area contributed by atoms with Gasteiger partial charge in [0.25, 0.3) is 0 Å². The van der Waals surface area contributed by atoms with Crippen LogP contribution in [0.1, 0.15) is 13.3 Å². The molecule has 10 heavy (non-hydrogen) atoms. The Morgan fingerprint density at radius 2 is 2.30 bits per heavy atom. The molecule has 0 bridgehead atoms. The van der Waals surface area contributed by atoms with Gasteiger partial charge in [0.15, 0.2) is 0 Å². The zero-order valence-electron chi connectivity index (χ0n) is 6.29. The summed E-state index contributed by atoms with van der Waals surface area (Å²) in [4.78, 5) is 1.14. The minimum atomic E-state index is 0.517. The zero-order chi connectivity index (χ0) is 7.56. The van der Waals surface area contributed by atoms with Crippen LogP contribution in [0.3, 0.4) is 0 Å². The molecular weight excluding hydrogens is 144 g/mol. The summed E-state index contributed by atoms with van der Waals surface area (Å²) in [5.41, 5.74) is 0. The van der Waals surface area contributed by atoms with E-state index < -0.39 is 0 Å². The maximum absolute atomic E-state index is 5.09. The first-order chi connectivity index (χ1) is 4.74. The van der Waals surface area contributed by atoms with Gasteiger partial charge in [-0.3, -0.25) is 0 Å². The Bertz CT molecular complexity index is 182. The third-order valence-corrected chi connectivity index (χ3v) is 2.30. The number of hydrogen-bond donors (Lipinski definition) is 1. The lowest BCUT2D eigenvalue weighted by Gasteiger charge is -2.16. The van der Waals surface area contributed by atoms with E-state index in [0.29, 0.717) is 5.92 Å². The fraction of sp³-hybridized carbons (Fsp3) is 0.500. The van der Waals surface area contributed by atoms with E-state index in [1.54, 1.807) is 7.11 Å². The topological polar surface area (TPSA) is 9.23 Å². The number of ether oxygens (including phenoxy) is 1. The first-order valence-corrected chi connectivity index (χ1v) is 3.82. The van der Waals surface area contributed by atoms with Gasteiger partial charge < -0.3 is 4.74 Å². The second-order valence-corrected chi connectivity index (χ2v) is 3.05. The molecule has 0 heterocycles. The third-order valence-electron chi connectivity index (χ3n) is 1.71. The predicted octanol–water partition coefficient (Wildman–Crippen LogP) is 2.37. The molecule has 1 atom stereocenters. The van der Waals surface area contributed by atoms with E-state index in [4.69, 9.17) is 4.74 Å². The maximum atomic E-state index is 5.09. The Hall–Kier alpha value is -0.370. The molecule has 0 spiro atoms. The Morgan fingerprint density at radius 1 is 1.60 bits per heavy atom. The average Bonchev–Trinajstić information content (AvgIpc) is 1.95. The van der Waals surface area contributed by atoms with Crippen LogP contribution in [0.25, 0.3) is 0 Å². The summed E-state index contributed by atoms with van der Waals surface area (Å²) in [7, 11) is 1.70. The molecule has 2 heteroatoms. The highest BCUT2D eigenvalue weighted by atomic mass is 32.1. The highest BCUT2D eigenvalue weighted by Gasteiger charge is 2.11. The number of thiol groups is 1. The quantitative estimate of drug-likeness (QED) is 0.573. The second kappa shape index (κ2) is 3.15. The minimum Gasteiger partial charge on any atom is -0.501 e. The summed E-state index contributed by atoms with van der Waals surface area (Å²) in [6.45, 7) is 2.14. The lowest BCUT2D eigenvalue weighted by molar-refractivity contribution is 0.266. The first kappa shape index (κ1) is 7.73. The molecule has 1 nitrogen and oxygen atoms in total. The van der Waals surface area contributed by atoms with E-state index >= 15 is 0 Å². The van der Waals surface area contributed by atoms with Crippen molar-refractivity contribution in [3.8, 4) is 0 Å². The van der Waals surface area contributed by atoms with Crippen LogP contribution in [0, 0.1) is 5.92 Å². The monoisotopic (exact) mass is 156 g/mol. The van der Waals surface area contributed by atoms with Crippen molar-refractivity contribution in [2.24, 2.45) is 5.92 Å². The summed E-state index contributed by atoms with van der Waals surface area (Å²) in [6.07, 6.45) is 4.95. The van der Waals surface area contributed by atoms with Crippen LogP contribution in [0.15, 0.2) is 22.8 Å². The molecule has 0 saturated carbocycles. The second-order valence-electron chi connectivity index (χ2n) is 2.53. The lowest BCUT2D eigenvalue weighted by Crippen LogP contribution is -2.02. The summed E-state index contributed by atoms with van der Waals surface area (Å²) in [6, 6.07) is 0. The molecule has 0 aromatic carbocycles. The Balaban J connectivity index is 2.68. The molecule has 56 valence electrons. The Morgan fingerprint density at radius 3 is 2.80 bits per heavy atom. The van der Waals surface area contributed by atoms with Gasteiger partial charge in [-0.2, -0.15) is 0 Å². The van der Waals surface area contributed by atoms with E-state index in [9.17, 15) is 0 Å². The lowest BCUT2D eigenvalue weighted by atomic mass is 10.0. The Labute approximate surface area is 67.2 Å². The van der Waals surface area contributed by atoms with Crippen molar-refractivity contribution in [1.82, 2.24) is 0 Å². The molecule has 0 fully saturated rings. The van der Waals surface area contributed by atoms with Crippen molar-refractivity contribution in [2.45, 2.75) is 13.3 Å². The number of allylic oxidation sites excluding steroid dienone is 4. The van der Waals surface area contributed by atoms with Crippen LogP contribution in [0.4, 0.5) is 0 Å². The van der Waals surface area contributed by atoms with Crippen LogP contribution in [-0.2, 0) is 4.74 Å². The van der Waals surface area contributed by atoms with Gasteiger partial charge >= 0.3 is 0 Å². The summed E-state index contributed by atoms with van der Waals surface area (Å²) in [5.74, 6) is 1.56. The number of hydrogen-bond acceptors (Lipinski definition) is 2. The van der Waals surface area contributed by atoms with E-state index in [1.165, 1.54) is 0 Å². The molecule has 1 rings (SSSR count). The largest absolute Gasteiger partial charge is 0.501 e. The van der Waals surface area contributed by atoms with Gasteiger partial charge in [-0.15, -0.1) is 12.6 Å². The molecule has 0 aromatic heterocycles. The highest BCUT2D eigenvalue weighted by Crippen LogP contribution is 2.26. The average molecular weight is 156 g/mol. The molecule has 0 aromatic rings. The number of methoxy groups -OCH3 is 1. The smallest absolute Gasteiger partial charge is 0.0961 e. The van der Waals surface area contributed by atoms with Crippen LogP contribution in [-0.4, -0.2) is 7.11 Å². The number of rotatable bonds is 1. The van der Waals surface area contributed by atoms with Crippen LogP contribution < -0.4 is 0 Å². The van der Waals surface area contributed by atoms with Crippen molar-refractivity contribution >= 4 is 12.6 Å². The molecule has 1 aliphatic rings. The minimum absolute atomic E-state index is 0.517. The molecular formula is C8H12OS. The van der Waals surface area contributed by atoms with Gasteiger partial charge in [0, 0.05) is 6.42 Å². The standard InChI is InChI=1S/C8H12OS/c1-6-5-7(9-2)3-4-8(6)10/h3-4,6,10H,5H2,1-2H3. The predicted molar refractivity (Wildman–Crippen MR) is 45.9 cm³/mol. The molecule has 0 aliphatic heterocycles. The fourth-order valence-electron chi connectivity index (χ4n) is 0.968. The van der Waals surface area contributed by atoms with E-state index in [2.05, 4.69) is 19.6 Å². The van der Waals surface area contributed by atoms with E-state index in [1.807, 2.05) is 12.2 Å². The van der Waals surface area contributed by atoms with Crippen molar-refractivity contribution < 1.29 is 4.74 Å². The van der Waals surface area contributed by atoms with E-state index in [-0.39, 0.29) is 0 Å². The van der Waals surface area contributed by atoms with Crippen molar-refractivity contribution in [3.63, 3.8) is 0 Å². The van der Waals surface area contributed by atoms with Crippen LogP contribution >= 0.6 is 12.6 Å². The SMILES string of the molecule is COC1=CC=C(S)C(C)C1. The van der Waals surface area contributed by atoms with Gasteiger partial charge in [0.05, 0.1) is 12.9 Å². The van der Waals surface area contributed by atoms with Gasteiger partial charge in [-0.25, -0.2) is 0 Å². The van der Waals surface area contributed by atoms with Gasteiger partial charge in [-0.05, 0) is 23.0 Å². The van der Waals surface area contributed by atoms with Crippen molar-refractivity contribution in [3.05, 3.63) is 22.8 Å². The van der Waals surface area contributed by atoms with Gasteiger partial charge in [0.1, 0.15) is 0 Å². The highest BCUT2D eigenvalue weighted by molar-refractivity contribution is 7.84. The fourth-order valence-corrected chi connectivity index (χ4v) is 1.13. The normalized spacial score (nSPS) is 25.3. The van der Waals surface area contributed by atoms with Crippen molar-refractivity contribution in [2.75, 3.05) is 7.11 Å². The first-order valence-electron chi connectivity index (χ1n) is 3.37. The van der Waals surface area contributed by atoms with Gasteiger partial charge in [0.2, 0.25) is 0 Å². The zero-order valence-corrected chi connectivity index (χ0v) is 7.19. The summed E-state index contributed by atoms with van der Waals surface area (Å²) in [5, 5.41) is 0. The molecule has 0 saturated heterocycles. The molecule has 1 aliphatic carbocycles. The van der Waals surface area contributed by atoms with E-state index in [0.717, 1.165) is 17.1 Å². The maximum Gasteiger partial charge on any atom is 0.0961 e. The molecule has 0 radical (unpaired) electrons. The van der Waals surface area contributed by atoms with Crippen LogP contribution in [0.2, 0.25) is 0 Å². The van der Waals surface area contributed by atoms with Crippen molar-refractivity contribution in [1.29, 1.82) is 0 Å². The molecule has 0 amide bonds. The molecule has 1 unspecified atom stereocenters. The van der Waals surface area contributed by atoms with Gasteiger partial charge in [-0.1, -0.05) is 6.92 Å². The molecule has 0 N–H and O–H groups in total. The Kier molecular flexibility index (Phi) is 2.44. The summed E-state index contributed by atoms with van der Waals surface area (Å²) >= 11 is 4.30. The van der Waals surface area contributed by atoms with Crippen LogP contribution in [0.5, 0.6) is 0 Å². The summed E-state index contributed by atoms with van der Waals surface area (Å²) < 4.78 is 5.09.